The van der Waals surface area contributed by atoms with Crippen LogP contribution in [0.2, 0.25) is 0 Å². The second-order valence-corrected chi connectivity index (χ2v) is 6.63. The van der Waals surface area contributed by atoms with Crippen LogP contribution in [0, 0.1) is 16.2 Å². The van der Waals surface area contributed by atoms with E-state index >= 15 is 0 Å². The van der Waals surface area contributed by atoms with Gasteiger partial charge in [0.2, 0.25) is 0 Å². The minimum Gasteiger partial charge on any atom is -0.330 e. The minimum atomic E-state index is 0.259. The molecule has 1 atom stereocenters. The molecule has 0 spiro atoms. The van der Waals surface area contributed by atoms with Gasteiger partial charge in [-0.25, -0.2) is 0 Å². The van der Waals surface area contributed by atoms with E-state index in [0.717, 1.165) is 19.5 Å². The van der Waals surface area contributed by atoms with Crippen molar-refractivity contribution in [1.82, 2.24) is 5.32 Å². The predicted octanol–water partition coefficient (Wildman–Crippen LogP) is 2.39. The van der Waals surface area contributed by atoms with Crippen molar-refractivity contribution >= 4 is 0 Å². The molecule has 1 unspecified atom stereocenters. The van der Waals surface area contributed by atoms with Crippen molar-refractivity contribution < 1.29 is 0 Å². The molecule has 0 aromatic heterocycles. The average Bonchev–Trinajstić information content (AvgIpc) is 2.55. The second kappa shape index (κ2) is 3.74. The molecule has 0 aliphatic heterocycles. The zero-order chi connectivity index (χ0) is 11.9. The first-order chi connectivity index (χ1) is 6.71. The highest BCUT2D eigenvalue weighted by molar-refractivity contribution is 5.17. The molecule has 0 bridgehead atoms. The fourth-order valence-corrected chi connectivity index (χ4v) is 2.40. The third kappa shape index (κ3) is 2.07. The number of rotatable bonds is 5. The number of nitrogens with one attached hydrogen (secondary N) is 1. The van der Waals surface area contributed by atoms with Crippen molar-refractivity contribution in [2.75, 3.05) is 13.1 Å². The van der Waals surface area contributed by atoms with E-state index in [1.807, 2.05) is 0 Å². The van der Waals surface area contributed by atoms with Gasteiger partial charge in [0.05, 0.1) is 0 Å². The Morgan fingerprint density at radius 3 is 1.93 bits per heavy atom. The first-order valence-electron chi connectivity index (χ1n) is 6.15. The van der Waals surface area contributed by atoms with Gasteiger partial charge in [0, 0.05) is 12.6 Å². The minimum absolute atomic E-state index is 0.259. The fourth-order valence-electron chi connectivity index (χ4n) is 2.40. The molecular weight excluding hydrogens is 184 g/mol. The monoisotopic (exact) mass is 212 g/mol. The summed E-state index contributed by atoms with van der Waals surface area (Å²) in [6, 6.07) is 0.641. The Bertz CT molecular complexity index is 213. The number of hydrogen-bond donors (Lipinski definition) is 2. The van der Waals surface area contributed by atoms with Crippen molar-refractivity contribution in [3.05, 3.63) is 0 Å². The summed E-state index contributed by atoms with van der Waals surface area (Å²) in [6.07, 6.45) is 1.14. The van der Waals surface area contributed by atoms with Gasteiger partial charge in [-0.1, -0.05) is 41.5 Å². The van der Waals surface area contributed by atoms with Crippen LogP contribution in [-0.2, 0) is 0 Å². The van der Waals surface area contributed by atoms with Gasteiger partial charge in [-0.3, -0.25) is 0 Å². The van der Waals surface area contributed by atoms with E-state index < -0.39 is 0 Å². The van der Waals surface area contributed by atoms with E-state index in [-0.39, 0.29) is 5.41 Å². The maximum atomic E-state index is 5.82. The normalized spacial score (nSPS) is 27.4. The second-order valence-electron chi connectivity index (χ2n) is 6.63. The molecule has 0 aromatic rings. The quantitative estimate of drug-likeness (QED) is 0.734. The summed E-state index contributed by atoms with van der Waals surface area (Å²) in [5, 5.41) is 3.70. The fraction of sp³-hybridized carbons (Fsp3) is 1.00. The highest BCUT2D eigenvalue weighted by Gasteiger charge is 2.64. The average molecular weight is 212 g/mol. The van der Waals surface area contributed by atoms with Crippen LogP contribution in [0.15, 0.2) is 0 Å². The SMILES string of the molecule is CCC(C)(CN)CNC1C(C)(C)C1(C)C. The summed E-state index contributed by atoms with van der Waals surface area (Å²) >= 11 is 0. The topological polar surface area (TPSA) is 38.0 Å². The first-order valence-corrected chi connectivity index (χ1v) is 6.15. The van der Waals surface area contributed by atoms with Crippen LogP contribution in [0.1, 0.15) is 48.0 Å². The molecule has 0 heterocycles. The number of nitrogens with two attached hydrogens (primary N) is 1. The van der Waals surface area contributed by atoms with Gasteiger partial charge in [-0.2, -0.15) is 0 Å². The van der Waals surface area contributed by atoms with Gasteiger partial charge < -0.3 is 11.1 Å². The Morgan fingerprint density at radius 1 is 1.20 bits per heavy atom. The van der Waals surface area contributed by atoms with Crippen LogP contribution >= 0.6 is 0 Å². The molecule has 15 heavy (non-hydrogen) atoms. The maximum absolute atomic E-state index is 5.82. The van der Waals surface area contributed by atoms with E-state index in [2.05, 4.69) is 46.9 Å². The molecule has 1 aliphatic rings. The first kappa shape index (κ1) is 13.0. The molecule has 2 heteroatoms. The largest absolute Gasteiger partial charge is 0.330 e. The summed E-state index contributed by atoms with van der Waals surface area (Å²) in [4.78, 5) is 0. The summed E-state index contributed by atoms with van der Waals surface area (Å²) in [7, 11) is 0. The summed E-state index contributed by atoms with van der Waals surface area (Å²) in [6.45, 7) is 15.7. The molecule has 0 saturated heterocycles. The molecule has 90 valence electrons. The van der Waals surface area contributed by atoms with Crippen molar-refractivity contribution in [3.63, 3.8) is 0 Å². The van der Waals surface area contributed by atoms with Crippen LogP contribution < -0.4 is 11.1 Å². The lowest BCUT2D eigenvalue weighted by molar-refractivity contribution is 0.294. The van der Waals surface area contributed by atoms with Gasteiger partial charge >= 0.3 is 0 Å². The summed E-state index contributed by atoms with van der Waals surface area (Å²) < 4.78 is 0. The van der Waals surface area contributed by atoms with Crippen molar-refractivity contribution in [1.29, 1.82) is 0 Å². The highest BCUT2D eigenvalue weighted by atomic mass is 15.0. The van der Waals surface area contributed by atoms with Crippen molar-refractivity contribution in [2.24, 2.45) is 22.0 Å². The molecule has 1 aliphatic carbocycles. The standard InChI is InChI=1S/C13H28N2/c1-7-13(6,8-14)9-15-10-11(2,3)12(10,4)5/h10,15H,7-9,14H2,1-6H3. The van der Waals surface area contributed by atoms with E-state index in [9.17, 15) is 0 Å². The van der Waals surface area contributed by atoms with Crippen LogP contribution in [0.25, 0.3) is 0 Å². The molecule has 1 saturated carbocycles. The third-order valence-corrected chi connectivity index (χ3v) is 5.10. The Hall–Kier alpha value is -0.0800. The van der Waals surface area contributed by atoms with Gasteiger partial charge in [0.1, 0.15) is 0 Å². The Balaban J connectivity index is 2.47. The van der Waals surface area contributed by atoms with Crippen LogP contribution in [0.5, 0.6) is 0 Å². The highest BCUT2D eigenvalue weighted by Crippen LogP contribution is 2.62. The zero-order valence-electron chi connectivity index (χ0n) is 11.3. The van der Waals surface area contributed by atoms with Crippen molar-refractivity contribution in [2.45, 2.75) is 54.0 Å². The summed E-state index contributed by atoms with van der Waals surface area (Å²) in [5.74, 6) is 0. The lowest BCUT2D eigenvalue weighted by Crippen LogP contribution is -2.39. The molecule has 1 fully saturated rings. The molecule has 0 aromatic carbocycles. The van der Waals surface area contributed by atoms with E-state index in [1.54, 1.807) is 0 Å². The third-order valence-electron chi connectivity index (χ3n) is 5.10. The van der Waals surface area contributed by atoms with E-state index in [1.165, 1.54) is 0 Å². The van der Waals surface area contributed by atoms with Gasteiger partial charge in [0.15, 0.2) is 0 Å². The summed E-state index contributed by atoms with van der Waals surface area (Å²) in [5.41, 5.74) is 6.93. The number of hydrogen-bond acceptors (Lipinski definition) is 2. The molecule has 3 N–H and O–H groups in total. The molecule has 0 radical (unpaired) electrons. The van der Waals surface area contributed by atoms with Crippen LogP contribution in [-0.4, -0.2) is 19.1 Å². The predicted molar refractivity (Wildman–Crippen MR) is 66.8 cm³/mol. The van der Waals surface area contributed by atoms with Gasteiger partial charge in [-0.15, -0.1) is 0 Å². The van der Waals surface area contributed by atoms with Crippen molar-refractivity contribution in [3.8, 4) is 0 Å². The lowest BCUT2D eigenvalue weighted by Gasteiger charge is -2.27. The smallest absolute Gasteiger partial charge is 0.0181 e. The Kier molecular flexibility index (Phi) is 3.24. The zero-order valence-corrected chi connectivity index (χ0v) is 11.3. The van der Waals surface area contributed by atoms with Crippen LogP contribution in [0.4, 0.5) is 0 Å². The molecule has 1 rings (SSSR count). The molecule has 0 amide bonds. The van der Waals surface area contributed by atoms with Crippen LogP contribution in [0.3, 0.4) is 0 Å². The lowest BCUT2D eigenvalue weighted by atomic mass is 9.87. The van der Waals surface area contributed by atoms with E-state index in [0.29, 0.717) is 16.9 Å². The molecule has 2 nitrogen and oxygen atoms in total. The Morgan fingerprint density at radius 2 is 1.67 bits per heavy atom. The Labute approximate surface area is 95.0 Å². The maximum Gasteiger partial charge on any atom is 0.0181 e. The van der Waals surface area contributed by atoms with Gasteiger partial charge in [-0.05, 0) is 29.2 Å². The van der Waals surface area contributed by atoms with E-state index in [4.69, 9.17) is 5.73 Å². The van der Waals surface area contributed by atoms with Gasteiger partial charge in [0.25, 0.3) is 0 Å². The molecular formula is C13H28N2.